The largest absolute Gasteiger partial charge is 0.496 e. The lowest BCUT2D eigenvalue weighted by Crippen LogP contribution is -2.46. The average molecular weight is 547 g/mol. The molecular formula is C31H42N6O3. The van der Waals surface area contributed by atoms with Crippen molar-refractivity contribution in [2.45, 2.75) is 70.6 Å². The Kier molecular flexibility index (Phi) is 8.73. The highest BCUT2D eigenvalue weighted by Gasteiger charge is 2.26. The minimum Gasteiger partial charge on any atom is -0.496 e. The molecule has 1 aliphatic rings. The molecule has 1 saturated heterocycles. The van der Waals surface area contributed by atoms with Crippen molar-refractivity contribution in [3.8, 4) is 5.75 Å². The number of fused-ring (bicyclic) bond motifs is 3. The number of ether oxygens (including phenoxy) is 2. The van der Waals surface area contributed by atoms with Gasteiger partial charge in [-0.25, -0.2) is 4.98 Å². The van der Waals surface area contributed by atoms with E-state index in [0.717, 1.165) is 78.7 Å². The molecule has 5 N–H and O–H groups in total. The lowest BCUT2D eigenvalue weighted by molar-refractivity contribution is 0.0446. The number of nitrogen functional groups attached to an aromatic ring is 1. The molecule has 40 heavy (non-hydrogen) atoms. The Morgan fingerprint density at radius 3 is 2.70 bits per heavy atom. The molecule has 1 fully saturated rings. The van der Waals surface area contributed by atoms with E-state index in [1.807, 2.05) is 12.1 Å². The second-order valence-electron chi connectivity index (χ2n) is 11.0. The number of para-hydroxylation sites is 1. The Morgan fingerprint density at radius 1 is 1.15 bits per heavy atom. The predicted octanol–water partition coefficient (Wildman–Crippen LogP) is 4.85. The molecule has 0 radical (unpaired) electrons. The Balaban J connectivity index is 1.56. The number of anilines is 2. The molecule has 1 aliphatic heterocycles. The summed E-state index contributed by atoms with van der Waals surface area (Å²) in [6.45, 7) is 7.47. The van der Waals surface area contributed by atoms with Gasteiger partial charge in [-0.1, -0.05) is 37.6 Å². The lowest BCUT2D eigenvalue weighted by Gasteiger charge is -2.34. The molecular weight excluding hydrogens is 504 g/mol. The number of nitrogens with zero attached hydrogens (tertiary/aromatic N) is 3. The molecule has 2 aromatic heterocycles. The van der Waals surface area contributed by atoms with Gasteiger partial charge < -0.3 is 35.5 Å². The van der Waals surface area contributed by atoms with Crippen molar-refractivity contribution in [1.29, 1.82) is 0 Å². The van der Waals surface area contributed by atoms with Crippen LogP contribution in [0.1, 0.15) is 57.1 Å². The van der Waals surface area contributed by atoms with Crippen LogP contribution in [-0.4, -0.2) is 58.2 Å². The first-order valence-corrected chi connectivity index (χ1v) is 14.3. The standard InChI is InChI=1S/C31H42N6O3/c1-4-7-23(12-15-38)34-29-28-27(35-30(32)36-29)24-8-5-6-9-25(24)37(28)20-22-18-21(10-11-26(22)39-3)19-33-31(2)13-16-40-17-14-31/h5-6,8-11,18,23,33,38H,4,7,12-17,19-20H2,1-3H3,(H3,32,34,35,36)/t23-/m0/s1. The van der Waals surface area contributed by atoms with Gasteiger partial charge in [-0.15, -0.1) is 0 Å². The Hall–Kier alpha value is -3.40. The van der Waals surface area contributed by atoms with Crippen LogP contribution in [0.4, 0.5) is 11.8 Å². The first-order valence-electron chi connectivity index (χ1n) is 14.3. The van der Waals surface area contributed by atoms with Gasteiger partial charge >= 0.3 is 0 Å². The van der Waals surface area contributed by atoms with Crippen LogP contribution in [0.25, 0.3) is 21.9 Å². The van der Waals surface area contributed by atoms with Crippen molar-refractivity contribution in [2.75, 3.05) is 38.0 Å². The van der Waals surface area contributed by atoms with E-state index in [1.165, 1.54) is 5.56 Å². The van der Waals surface area contributed by atoms with E-state index in [0.29, 0.717) is 18.8 Å². The molecule has 5 rings (SSSR count). The molecule has 214 valence electrons. The zero-order valence-corrected chi connectivity index (χ0v) is 23.9. The maximum absolute atomic E-state index is 9.67. The summed E-state index contributed by atoms with van der Waals surface area (Å²) in [5, 5.41) is 18.0. The van der Waals surface area contributed by atoms with Gasteiger partial charge in [0.15, 0.2) is 5.82 Å². The molecule has 0 aliphatic carbocycles. The van der Waals surface area contributed by atoms with E-state index in [1.54, 1.807) is 7.11 Å². The average Bonchev–Trinajstić information content (AvgIpc) is 3.26. The fraction of sp³-hybridized carbons (Fsp3) is 0.484. The minimum absolute atomic E-state index is 0.0760. The summed E-state index contributed by atoms with van der Waals surface area (Å²) in [4.78, 5) is 9.33. The highest BCUT2D eigenvalue weighted by atomic mass is 16.5. The molecule has 4 aromatic rings. The molecule has 9 heteroatoms. The van der Waals surface area contributed by atoms with Crippen molar-refractivity contribution < 1.29 is 14.6 Å². The van der Waals surface area contributed by atoms with Crippen LogP contribution < -0.4 is 21.1 Å². The molecule has 0 spiro atoms. The van der Waals surface area contributed by atoms with Gasteiger partial charge in [-0.2, -0.15) is 4.98 Å². The van der Waals surface area contributed by atoms with Crippen LogP contribution in [0.5, 0.6) is 5.75 Å². The van der Waals surface area contributed by atoms with Crippen molar-refractivity contribution in [1.82, 2.24) is 19.9 Å². The van der Waals surface area contributed by atoms with Gasteiger partial charge in [0.1, 0.15) is 16.8 Å². The van der Waals surface area contributed by atoms with Gasteiger partial charge in [0.2, 0.25) is 5.95 Å². The van der Waals surface area contributed by atoms with Crippen LogP contribution in [-0.2, 0) is 17.8 Å². The maximum atomic E-state index is 9.67. The molecule has 0 saturated carbocycles. The van der Waals surface area contributed by atoms with Crippen LogP contribution >= 0.6 is 0 Å². The summed E-state index contributed by atoms with van der Waals surface area (Å²) in [6, 6.07) is 14.7. The zero-order chi connectivity index (χ0) is 28.1. The number of aliphatic hydroxyl groups excluding tert-OH is 1. The zero-order valence-electron chi connectivity index (χ0n) is 23.9. The van der Waals surface area contributed by atoms with E-state index in [9.17, 15) is 5.11 Å². The first kappa shape index (κ1) is 28.1. The second-order valence-corrected chi connectivity index (χ2v) is 11.0. The van der Waals surface area contributed by atoms with Crippen molar-refractivity contribution in [2.24, 2.45) is 0 Å². The minimum atomic E-state index is 0.0760. The molecule has 9 nitrogen and oxygen atoms in total. The van der Waals surface area contributed by atoms with Crippen LogP contribution in [0.15, 0.2) is 42.5 Å². The van der Waals surface area contributed by atoms with Gasteiger partial charge in [-0.3, -0.25) is 0 Å². The number of nitrogens with one attached hydrogen (secondary N) is 2. The number of rotatable bonds is 12. The number of aromatic nitrogens is 3. The third kappa shape index (κ3) is 6.01. The number of aliphatic hydroxyl groups is 1. The molecule has 3 heterocycles. The summed E-state index contributed by atoms with van der Waals surface area (Å²) in [5.41, 5.74) is 11.3. The smallest absolute Gasteiger partial charge is 0.222 e. The summed E-state index contributed by atoms with van der Waals surface area (Å²) in [7, 11) is 1.72. The second kappa shape index (κ2) is 12.4. The van der Waals surface area contributed by atoms with Crippen LogP contribution in [0.3, 0.4) is 0 Å². The molecule has 0 bridgehead atoms. The molecule has 0 unspecified atom stereocenters. The van der Waals surface area contributed by atoms with Crippen LogP contribution in [0, 0.1) is 0 Å². The highest BCUT2D eigenvalue weighted by Crippen LogP contribution is 2.35. The van der Waals surface area contributed by atoms with E-state index in [-0.39, 0.29) is 24.1 Å². The fourth-order valence-electron chi connectivity index (χ4n) is 5.75. The van der Waals surface area contributed by atoms with E-state index >= 15 is 0 Å². The first-order chi connectivity index (χ1) is 19.4. The maximum Gasteiger partial charge on any atom is 0.222 e. The summed E-state index contributed by atoms with van der Waals surface area (Å²) >= 11 is 0. The molecule has 2 aromatic carbocycles. The Labute approximate surface area is 236 Å². The third-order valence-corrected chi connectivity index (χ3v) is 8.07. The summed E-state index contributed by atoms with van der Waals surface area (Å²) < 4.78 is 13.6. The number of methoxy groups -OCH3 is 1. The fourth-order valence-corrected chi connectivity index (χ4v) is 5.75. The number of hydrogen-bond donors (Lipinski definition) is 4. The number of hydrogen-bond acceptors (Lipinski definition) is 8. The van der Waals surface area contributed by atoms with Crippen molar-refractivity contribution >= 4 is 33.7 Å². The van der Waals surface area contributed by atoms with Crippen LogP contribution in [0.2, 0.25) is 0 Å². The number of benzene rings is 2. The molecule has 0 amide bonds. The summed E-state index contributed by atoms with van der Waals surface area (Å²) in [5.74, 6) is 1.75. The van der Waals surface area contributed by atoms with Crippen molar-refractivity contribution in [3.05, 3.63) is 53.6 Å². The SMILES string of the molecule is CCC[C@@H](CCO)Nc1nc(N)nc2c3ccccc3n(Cc3cc(CNC4(C)CCOCC4)ccc3OC)c12. The van der Waals surface area contributed by atoms with Gasteiger partial charge in [0.05, 0.1) is 19.2 Å². The Bertz CT molecular complexity index is 1440. The van der Waals surface area contributed by atoms with Gasteiger partial charge in [0, 0.05) is 48.9 Å². The van der Waals surface area contributed by atoms with Gasteiger partial charge in [0.25, 0.3) is 0 Å². The normalized spacial score (nSPS) is 15.9. The highest BCUT2D eigenvalue weighted by molar-refractivity contribution is 6.09. The Morgan fingerprint density at radius 2 is 1.95 bits per heavy atom. The summed E-state index contributed by atoms with van der Waals surface area (Å²) in [6.07, 6.45) is 4.55. The van der Waals surface area contributed by atoms with E-state index in [2.05, 4.69) is 69.3 Å². The van der Waals surface area contributed by atoms with E-state index in [4.69, 9.17) is 15.2 Å². The quantitative estimate of drug-likeness (QED) is 0.199. The third-order valence-electron chi connectivity index (χ3n) is 8.07. The topological polar surface area (TPSA) is 119 Å². The predicted molar refractivity (Wildman–Crippen MR) is 161 cm³/mol. The molecule has 1 atom stereocenters. The lowest BCUT2D eigenvalue weighted by atomic mass is 9.92. The monoisotopic (exact) mass is 546 g/mol. The van der Waals surface area contributed by atoms with Crippen molar-refractivity contribution in [3.63, 3.8) is 0 Å². The number of nitrogens with two attached hydrogens (primary N) is 1. The van der Waals surface area contributed by atoms with Gasteiger partial charge in [-0.05, 0) is 56.4 Å². The van der Waals surface area contributed by atoms with E-state index < -0.39 is 0 Å².